The first-order valence-electron chi connectivity index (χ1n) is 9.76. The number of pyridine rings is 1. The SMILES string of the molecule is CCn1cc(S(=O)(=O)N2CCN(c3cc(Nc4ccccn4)ncn3)CC2)nc1C. The van der Waals surface area contributed by atoms with Gasteiger partial charge in [0.15, 0.2) is 5.03 Å². The third-order valence-corrected chi connectivity index (χ3v) is 6.81. The fraction of sp³-hybridized carbons (Fsp3) is 0.368. The molecule has 3 aromatic heterocycles. The van der Waals surface area contributed by atoms with Crippen molar-refractivity contribution < 1.29 is 8.42 Å². The van der Waals surface area contributed by atoms with Gasteiger partial charge in [-0.2, -0.15) is 4.31 Å². The van der Waals surface area contributed by atoms with E-state index in [1.807, 2.05) is 47.6 Å². The second kappa shape index (κ2) is 8.36. The summed E-state index contributed by atoms with van der Waals surface area (Å²) in [4.78, 5) is 19.1. The van der Waals surface area contributed by atoms with Crippen LogP contribution in [0.2, 0.25) is 0 Å². The number of sulfonamides is 1. The number of aryl methyl sites for hydroxylation is 2. The molecule has 158 valence electrons. The number of hydrogen-bond donors (Lipinski definition) is 1. The Balaban J connectivity index is 1.43. The Morgan fingerprint density at radius 2 is 1.87 bits per heavy atom. The Hall–Kier alpha value is -3.05. The van der Waals surface area contributed by atoms with E-state index in [0.717, 1.165) is 5.82 Å². The molecule has 1 aliphatic heterocycles. The van der Waals surface area contributed by atoms with Gasteiger partial charge in [0.05, 0.1) is 0 Å². The highest BCUT2D eigenvalue weighted by atomic mass is 32.2. The van der Waals surface area contributed by atoms with Crippen LogP contribution >= 0.6 is 0 Å². The molecule has 0 aromatic carbocycles. The number of imidazole rings is 1. The van der Waals surface area contributed by atoms with Gasteiger partial charge >= 0.3 is 0 Å². The lowest BCUT2D eigenvalue weighted by Gasteiger charge is -2.34. The Kier molecular flexibility index (Phi) is 5.64. The van der Waals surface area contributed by atoms with Gasteiger partial charge in [0.1, 0.15) is 29.6 Å². The maximum Gasteiger partial charge on any atom is 0.262 e. The predicted molar refractivity (Wildman–Crippen MR) is 113 cm³/mol. The van der Waals surface area contributed by atoms with Crippen LogP contribution in [-0.2, 0) is 16.6 Å². The van der Waals surface area contributed by atoms with Crippen molar-refractivity contribution in [3.05, 3.63) is 48.8 Å². The fourth-order valence-electron chi connectivity index (χ4n) is 3.37. The van der Waals surface area contributed by atoms with E-state index in [-0.39, 0.29) is 5.03 Å². The summed E-state index contributed by atoms with van der Waals surface area (Å²) in [7, 11) is -3.61. The summed E-state index contributed by atoms with van der Waals surface area (Å²) in [6, 6.07) is 7.43. The molecule has 0 unspecified atom stereocenters. The monoisotopic (exact) mass is 428 g/mol. The third-order valence-electron chi connectivity index (χ3n) is 5.04. The smallest absolute Gasteiger partial charge is 0.262 e. The summed E-state index contributed by atoms with van der Waals surface area (Å²) in [5, 5.41) is 3.26. The van der Waals surface area contributed by atoms with Gasteiger partial charge in [0.2, 0.25) is 0 Å². The minimum absolute atomic E-state index is 0.110. The molecule has 10 nitrogen and oxygen atoms in total. The van der Waals surface area contributed by atoms with Gasteiger partial charge < -0.3 is 14.8 Å². The molecule has 4 rings (SSSR count). The Bertz CT molecular complexity index is 1110. The summed E-state index contributed by atoms with van der Waals surface area (Å²) in [5.74, 6) is 2.77. The molecule has 3 aromatic rings. The minimum atomic E-state index is -3.61. The minimum Gasteiger partial charge on any atom is -0.354 e. The number of rotatable bonds is 6. The second-order valence-corrected chi connectivity index (χ2v) is 8.79. The Morgan fingerprint density at radius 3 is 2.53 bits per heavy atom. The highest BCUT2D eigenvalue weighted by molar-refractivity contribution is 7.89. The molecule has 0 atom stereocenters. The van der Waals surface area contributed by atoms with Crippen LogP contribution in [0.15, 0.2) is 48.0 Å². The molecule has 0 amide bonds. The normalized spacial score (nSPS) is 15.3. The first-order chi connectivity index (χ1) is 14.5. The third kappa shape index (κ3) is 4.12. The maximum atomic E-state index is 13.0. The first kappa shape index (κ1) is 20.2. The van der Waals surface area contributed by atoms with Crippen molar-refractivity contribution in [1.29, 1.82) is 0 Å². The van der Waals surface area contributed by atoms with Crippen LogP contribution in [0.5, 0.6) is 0 Å². The number of nitrogens with zero attached hydrogens (tertiary/aromatic N) is 7. The predicted octanol–water partition coefficient (Wildman–Crippen LogP) is 1.65. The zero-order valence-corrected chi connectivity index (χ0v) is 17.7. The molecule has 1 fully saturated rings. The standard InChI is InChI=1S/C19H24N8O2S/c1-3-25-13-19(23-15(25)2)30(28,29)27-10-8-26(9-11-27)18-12-17(21-14-22-18)24-16-6-4-5-7-20-16/h4-7,12-14H,3,8-11H2,1-2H3,(H,20,21,22,24). The number of hydrogen-bond acceptors (Lipinski definition) is 8. The second-order valence-electron chi connectivity index (χ2n) is 6.90. The molecule has 1 N–H and O–H groups in total. The molecular formula is C19H24N8O2S. The lowest BCUT2D eigenvalue weighted by Crippen LogP contribution is -2.49. The van der Waals surface area contributed by atoms with Crippen LogP contribution in [0.3, 0.4) is 0 Å². The molecule has 1 saturated heterocycles. The molecule has 0 radical (unpaired) electrons. The summed E-state index contributed by atoms with van der Waals surface area (Å²) in [6.07, 6.45) is 4.80. The lowest BCUT2D eigenvalue weighted by atomic mass is 10.3. The molecule has 0 saturated carbocycles. The molecule has 11 heteroatoms. The van der Waals surface area contributed by atoms with Gasteiger partial charge in [-0.1, -0.05) is 6.07 Å². The van der Waals surface area contributed by atoms with Gasteiger partial charge in [-0.3, -0.25) is 0 Å². The van der Waals surface area contributed by atoms with Crippen molar-refractivity contribution in [3.8, 4) is 0 Å². The highest BCUT2D eigenvalue weighted by Gasteiger charge is 2.31. The van der Waals surface area contributed by atoms with E-state index in [2.05, 4.69) is 25.3 Å². The van der Waals surface area contributed by atoms with E-state index >= 15 is 0 Å². The number of nitrogens with one attached hydrogen (secondary N) is 1. The molecule has 4 heterocycles. The van der Waals surface area contributed by atoms with E-state index in [4.69, 9.17) is 0 Å². The van der Waals surface area contributed by atoms with Crippen molar-refractivity contribution in [1.82, 2.24) is 28.8 Å². The van der Waals surface area contributed by atoms with E-state index in [1.165, 1.54) is 10.6 Å². The van der Waals surface area contributed by atoms with Gasteiger partial charge in [0.25, 0.3) is 10.0 Å². The fourth-order valence-corrected chi connectivity index (χ4v) is 4.79. The van der Waals surface area contributed by atoms with Crippen LogP contribution in [0.1, 0.15) is 12.7 Å². The van der Waals surface area contributed by atoms with Crippen molar-refractivity contribution in [3.63, 3.8) is 0 Å². The molecule has 0 bridgehead atoms. The molecule has 0 aliphatic carbocycles. The van der Waals surface area contributed by atoms with Gasteiger partial charge in [-0.05, 0) is 26.0 Å². The van der Waals surface area contributed by atoms with E-state index in [1.54, 1.807) is 12.4 Å². The lowest BCUT2D eigenvalue weighted by molar-refractivity contribution is 0.382. The first-order valence-corrected chi connectivity index (χ1v) is 11.2. The van der Waals surface area contributed by atoms with Gasteiger partial charge in [-0.15, -0.1) is 0 Å². The average molecular weight is 429 g/mol. The number of piperazine rings is 1. The Morgan fingerprint density at radius 1 is 1.07 bits per heavy atom. The van der Waals surface area contributed by atoms with Crippen molar-refractivity contribution in [2.24, 2.45) is 0 Å². The number of aromatic nitrogens is 5. The van der Waals surface area contributed by atoms with Gasteiger partial charge in [-0.25, -0.2) is 28.4 Å². The molecule has 0 spiro atoms. The van der Waals surface area contributed by atoms with Crippen LogP contribution < -0.4 is 10.2 Å². The molecular weight excluding hydrogens is 404 g/mol. The largest absolute Gasteiger partial charge is 0.354 e. The van der Waals surface area contributed by atoms with E-state index in [9.17, 15) is 8.42 Å². The zero-order chi connectivity index (χ0) is 21.1. The van der Waals surface area contributed by atoms with Crippen molar-refractivity contribution in [2.75, 3.05) is 36.4 Å². The van der Waals surface area contributed by atoms with E-state index < -0.39 is 10.0 Å². The zero-order valence-electron chi connectivity index (χ0n) is 16.9. The summed E-state index contributed by atoms with van der Waals surface area (Å²) in [5.41, 5.74) is 0. The molecule has 30 heavy (non-hydrogen) atoms. The van der Waals surface area contributed by atoms with Crippen molar-refractivity contribution in [2.45, 2.75) is 25.4 Å². The van der Waals surface area contributed by atoms with Crippen LogP contribution in [0.25, 0.3) is 0 Å². The summed E-state index contributed by atoms with van der Waals surface area (Å²) in [6.45, 7) is 6.26. The number of anilines is 3. The van der Waals surface area contributed by atoms with E-state index in [0.29, 0.717) is 50.2 Å². The maximum absolute atomic E-state index is 13.0. The topological polar surface area (TPSA) is 109 Å². The highest BCUT2D eigenvalue weighted by Crippen LogP contribution is 2.21. The van der Waals surface area contributed by atoms with Crippen molar-refractivity contribution >= 4 is 27.5 Å². The molecule has 1 aliphatic rings. The van der Waals surface area contributed by atoms with Crippen LogP contribution in [-0.4, -0.2) is 63.4 Å². The summed E-state index contributed by atoms with van der Waals surface area (Å²) < 4.78 is 29.2. The average Bonchev–Trinajstić information content (AvgIpc) is 3.16. The van der Waals surface area contributed by atoms with Crippen LogP contribution in [0.4, 0.5) is 17.5 Å². The quantitative estimate of drug-likeness (QED) is 0.631. The van der Waals surface area contributed by atoms with Gasteiger partial charge in [0, 0.05) is 51.2 Å². The summed E-state index contributed by atoms with van der Waals surface area (Å²) >= 11 is 0. The Labute approximate surface area is 175 Å². The van der Waals surface area contributed by atoms with Crippen LogP contribution in [0, 0.1) is 6.92 Å².